The van der Waals surface area contributed by atoms with Crippen LogP contribution < -0.4 is 10.6 Å². The third-order valence-electron chi connectivity index (χ3n) is 1.28. The van der Waals surface area contributed by atoms with Gasteiger partial charge in [-0.3, -0.25) is 10.1 Å². The van der Waals surface area contributed by atoms with Gasteiger partial charge >= 0.3 is 12.0 Å². The molecule has 8 heteroatoms. The molecule has 0 aliphatic carbocycles. The van der Waals surface area contributed by atoms with Gasteiger partial charge in [0.15, 0.2) is 5.82 Å². The van der Waals surface area contributed by atoms with Gasteiger partial charge < -0.3 is 10.4 Å². The Kier molecular flexibility index (Phi) is 3.35. The minimum atomic E-state index is -1.10. The predicted octanol–water partition coefficient (Wildman–Crippen LogP) is 0.0526. The van der Waals surface area contributed by atoms with E-state index < -0.39 is 18.5 Å². The minimum Gasteiger partial charge on any atom is -0.480 e. The highest BCUT2D eigenvalue weighted by Gasteiger charge is 2.08. The zero-order valence-corrected chi connectivity index (χ0v) is 8.09. The molecule has 1 aromatic heterocycles. The molecule has 0 radical (unpaired) electrons. The zero-order chi connectivity index (χ0) is 10.6. The van der Waals surface area contributed by atoms with Gasteiger partial charge in [-0.15, -0.1) is 5.10 Å². The first-order valence-corrected chi connectivity index (χ1v) is 4.42. The van der Waals surface area contributed by atoms with Crippen molar-refractivity contribution in [2.75, 3.05) is 11.9 Å². The lowest BCUT2D eigenvalue weighted by Gasteiger charge is -2.02. The van der Waals surface area contributed by atoms with Crippen LogP contribution in [0.1, 0.15) is 4.88 Å². The summed E-state index contributed by atoms with van der Waals surface area (Å²) >= 11 is 1.15. The fourth-order valence-corrected chi connectivity index (χ4v) is 1.08. The lowest BCUT2D eigenvalue weighted by molar-refractivity contribution is -0.135. The molecule has 7 nitrogen and oxygen atoms in total. The summed E-state index contributed by atoms with van der Waals surface area (Å²) in [6, 6.07) is -0.608. The number of rotatable bonds is 3. The molecule has 0 aliphatic rings. The zero-order valence-electron chi connectivity index (χ0n) is 7.27. The Morgan fingerprint density at radius 1 is 1.57 bits per heavy atom. The first-order valence-electron chi connectivity index (χ1n) is 3.65. The summed E-state index contributed by atoms with van der Waals surface area (Å²) in [6.45, 7) is 1.32. The number of carboxylic acid groups (broad SMARTS) is 1. The van der Waals surface area contributed by atoms with Crippen LogP contribution in [-0.2, 0) is 4.79 Å². The van der Waals surface area contributed by atoms with E-state index >= 15 is 0 Å². The number of aliphatic carboxylic acids is 1. The number of nitrogens with one attached hydrogen (secondary N) is 2. The van der Waals surface area contributed by atoms with E-state index in [4.69, 9.17) is 5.11 Å². The maximum atomic E-state index is 11.0. The number of nitrogens with zero attached hydrogens (tertiary/aromatic N) is 2. The van der Waals surface area contributed by atoms with Crippen LogP contribution in [0.5, 0.6) is 0 Å². The molecule has 1 rings (SSSR count). The molecule has 3 N–H and O–H groups in total. The van der Waals surface area contributed by atoms with Crippen molar-refractivity contribution in [1.82, 2.24) is 14.9 Å². The van der Waals surface area contributed by atoms with Gasteiger partial charge in [0.1, 0.15) is 6.54 Å². The quantitative estimate of drug-likeness (QED) is 0.662. The number of hydrogen-bond acceptors (Lipinski definition) is 5. The number of carbonyl (C=O) groups is 2. The van der Waals surface area contributed by atoms with Gasteiger partial charge in [0, 0.05) is 0 Å². The third kappa shape index (κ3) is 2.98. The maximum absolute atomic E-state index is 11.0. The molecule has 1 heterocycles. The average Bonchev–Trinajstić information content (AvgIpc) is 2.49. The first kappa shape index (κ1) is 10.4. The molecule has 0 aliphatic heterocycles. The number of amides is 2. The largest absolute Gasteiger partial charge is 0.480 e. The number of carboxylic acids is 1. The number of carbonyl (C=O) groups excluding carboxylic acids is 1. The summed E-state index contributed by atoms with van der Waals surface area (Å²) in [7, 11) is 0. The number of anilines is 1. The summed E-state index contributed by atoms with van der Waals surface area (Å²) in [5.74, 6) is -0.758. The Morgan fingerprint density at radius 2 is 2.29 bits per heavy atom. The van der Waals surface area contributed by atoms with Gasteiger partial charge in [-0.1, -0.05) is 4.49 Å². The highest BCUT2D eigenvalue weighted by atomic mass is 32.1. The molecule has 0 saturated carbocycles. The van der Waals surface area contributed by atoms with Crippen molar-refractivity contribution in [3.63, 3.8) is 0 Å². The van der Waals surface area contributed by atoms with Crippen LogP contribution in [0.25, 0.3) is 0 Å². The van der Waals surface area contributed by atoms with E-state index in [1.54, 1.807) is 6.92 Å². The second-order valence-corrected chi connectivity index (χ2v) is 3.34. The number of aromatic nitrogens is 2. The second kappa shape index (κ2) is 4.51. The third-order valence-corrected chi connectivity index (χ3v) is 1.91. The summed E-state index contributed by atoms with van der Waals surface area (Å²) in [4.78, 5) is 21.9. The molecule has 0 saturated heterocycles. The van der Waals surface area contributed by atoms with E-state index in [9.17, 15) is 9.59 Å². The fourth-order valence-electron chi connectivity index (χ4n) is 0.657. The van der Waals surface area contributed by atoms with Crippen LogP contribution in [0.3, 0.4) is 0 Å². The summed E-state index contributed by atoms with van der Waals surface area (Å²) in [5, 5.41) is 16.4. The van der Waals surface area contributed by atoms with Crippen molar-refractivity contribution in [1.29, 1.82) is 0 Å². The highest BCUT2D eigenvalue weighted by molar-refractivity contribution is 7.05. The first-order chi connectivity index (χ1) is 6.59. The van der Waals surface area contributed by atoms with Gasteiger partial charge in [0.25, 0.3) is 0 Å². The molecule has 0 fully saturated rings. The summed E-state index contributed by atoms with van der Waals surface area (Å²) < 4.78 is 3.60. The van der Waals surface area contributed by atoms with Gasteiger partial charge in [0.2, 0.25) is 0 Å². The van der Waals surface area contributed by atoms with E-state index in [0.29, 0.717) is 5.82 Å². The molecular weight excluding hydrogens is 208 g/mol. The Morgan fingerprint density at radius 3 is 2.79 bits per heavy atom. The standard InChI is InChI=1S/C6H8N4O3S/c1-3-5(9-10-14-3)8-6(13)7-2-4(11)12/h2H2,1H3,(H,11,12)(H2,7,8,13). The van der Waals surface area contributed by atoms with Gasteiger partial charge in [-0.2, -0.15) is 0 Å². The van der Waals surface area contributed by atoms with Crippen LogP contribution in [0.4, 0.5) is 10.6 Å². The Labute approximate surface area is 83.3 Å². The lowest BCUT2D eigenvalue weighted by Crippen LogP contribution is -2.33. The molecule has 0 atom stereocenters. The van der Waals surface area contributed by atoms with Crippen molar-refractivity contribution in [2.24, 2.45) is 0 Å². The number of aryl methyl sites for hydroxylation is 1. The van der Waals surface area contributed by atoms with Crippen LogP contribution in [0.2, 0.25) is 0 Å². The Hall–Kier alpha value is -1.70. The van der Waals surface area contributed by atoms with Crippen molar-refractivity contribution in [3.05, 3.63) is 4.88 Å². The minimum absolute atomic E-state index is 0.345. The topological polar surface area (TPSA) is 104 Å². The highest BCUT2D eigenvalue weighted by Crippen LogP contribution is 2.12. The van der Waals surface area contributed by atoms with Gasteiger partial charge in [-0.25, -0.2) is 4.79 Å². The molecule has 2 amide bonds. The smallest absolute Gasteiger partial charge is 0.323 e. The molecule has 14 heavy (non-hydrogen) atoms. The van der Waals surface area contributed by atoms with Crippen molar-refractivity contribution in [2.45, 2.75) is 6.92 Å². The van der Waals surface area contributed by atoms with Crippen LogP contribution in [0.15, 0.2) is 0 Å². The van der Waals surface area contributed by atoms with E-state index in [2.05, 4.69) is 20.2 Å². The Bertz CT molecular complexity index is 351. The normalized spacial score (nSPS) is 9.50. The maximum Gasteiger partial charge on any atom is 0.323 e. The van der Waals surface area contributed by atoms with Crippen LogP contribution in [0, 0.1) is 6.92 Å². The predicted molar refractivity (Wildman–Crippen MR) is 49.3 cm³/mol. The summed E-state index contributed by atoms with van der Waals surface area (Å²) in [6.07, 6.45) is 0. The van der Waals surface area contributed by atoms with E-state index in [-0.39, 0.29) is 0 Å². The van der Waals surface area contributed by atoms with E-state index in [1.807, 2.05) is 0 Å². The van der Waals surface area contributed by atoms with Gasteiger partial charge in [-0.05, 0) is 18.5 Å². The molecule has 0 aromatic carbocycles. The molecule has 0 bridgehead atoms. The fraction of sp³-hybridized carbons (Fsp3) is 0.333. The number of urea groups is 1. The lowest BCUT2D eigenvalue weighted by atomic mass is 10.5. The van der Waals surface area contributed by atoms with Crippen molar-refractivity contribution >= 4 is 29.4 Å². The molecule has 0 spiro atoms. The van der Waals surface area contributed by atoms with Crippen molar-refractivity contribution < 1.29 is 14.7 Å². The van der Waals surface area contributed by atoms with E-state index in [1.165, 1.54) is 0 Å². The monoisotopic (exact) mass is 216 g/mol. The summed E-state index contributed by atoms with van der Waals surface area (Å²) in [5.41, 5.74) is 0. The molecular formula is C6H8N4O3S. The number of hydrogen-bond donors (Lipinski definition) is 3. The Balaban J connectivity index is 2.42. The molecule has 1 aromatic rings. The average molecular weight is 216 g/mol. The van der Waals surface area contributed by atoms with Crippen molar-refractivity contribution in [3.8, 4) is 0 Å². The van der Waals surface area contributed by atoms with E-state index in [0.717, 1.165) is 16.4 Å². The molecule has 76 valence electrons. The van der Waals surface area contributed by atoms with Gasteiger partial charge in [0.05, 0.1) is 4.88 Å². The van der Waals surface area contributed by atoms with Crippen LogP contribution >= 0.6 is 11.5 Å². The second-order valence-electron chi connectivity index (χ2n) is 2.38. The SMILES string of the molecule is Cc1snnc1NC(=O)NCC(=O)O. The molecule has 0 unspecified atom stereocenters. The van der Waals surface area contributed by atoms with Crippen LogP contribution in [-0.4, -0.2) is 33.2 Å².